The predicted molar refractivity (Wildman–Crippen MR) is 76.6 cm³/mol. The van der Waals surface area contributed by atoms with Gasteiger partial charge in [-0.3, -0.25) is 0 Å². The molecule has 100 valence electrons. The molecule has 0 aliphatic carbocycles. The highest BCUT2D eigenvalue weighted by Crippen LogP contribution is 2.25. The van der Waals surface area contributed by atoms with Crippen molar-refractivity contribution in [2.75, 3.05) is 0 Å². The van der Waals surface area contributed by atoms with Crippen LogP contribution in [-0.4, -0.2) is 11.1 Å². The largest absolute Gasteiger partial charge is 0.488 e. The minimum atomic E-state index is -1.05. The molecule has 4 nitrogen and oxygen atoms in total. The topological polar surface area (TPSA) is 70.3 Å². The summed E-state index contributed by atoms with van der Waals surface area (Å²) in [5.41, 5.74) is 1.31. The summed E-state index contributed by atoms with van der Waals surface area (Å²) in [4.78, 5) is 11.1. The molecule has 0 saturated carbocycles. The monoisotopic (exact) mass is 331 g/mol. The maximum atomic E-state index is 11.1. The molecule has 0 aliphatic rings. The van der Waals surface area contributed by atoms with E-state index in [4.69, 9.17) is 15.1 Å². The highest BCUT2D eigenvalue weighted by molar-refractivity contribution is 9.10. The Kier molecular flexibility index (Phi) is 4.38. The van der Waals surface area contributed by atoms with E-state index in [1.807, 2.05) is 0 Å². The molecule has 0 unspecified atom stereocenters. The van der Waals surface area contributed by atoms with E-state index in [1.165, 1.54) is 6.07 Å². The third-order valence-corrected chi connectivity index (χ3v) is 3.19. The molecule has 20 heavy (non-hydrogen) atoms. The third-order valence-electron chi connectivity index (χ3n) is 2.70. The molecule has 0 heterocycles. The van der Waals surface area contributed by atoms with Crippen LogP contribution in [0.4, 0.5) is 0 Å². The summed E-state index contributed by atoms with van der Waals surface area (Å²) in [5.74, 6) is -0.791. The van der Waals surface area contributed by atoms with Gasteiger partial charge in [-0.05, 0) is 24.3 Å². The Hall–Kier alpha value is -2.32. The Labute approximate surface area is 124 Å². The zero-order valence-corrected chi connectivity index (χ0v) is 11.9. The molecule has 0 bridgehead atoms. The van der Waals surface area contributed by atoms with Gasteiger partial charge in [-0.25, -0.2) is 4.79 Å². The van der Waals surface area contributed by atoms with Gasteiger partial charge in [0.25, 0.3) is 0 Å². The van der Waals surface area contributed by atoms with Gasteiger partial charge < -0.3 is 9.84 Å². The molecular weight excluding hydrogens is 322 g/mol. The van der Waals surface area contributed by atoms with Gasteiger partial charge in [0.05, 0.1) is 11.6 Å². The lowest BCUT2D eigenvalue weighted by Gasteiger charge is -2.10. The molecule has 2 rings (SSSR count). The lowest BCUT2D eigenvalue weighted by Crippen LogP contribution is -2.04. The predicted octanol–water partition coefficient (Wildman–Crippen LogP) is 3.60. The highest BCUT2D eigenvalue weighted by atomic mass is 79.9. The molecule has 0 fully saturated rings. The summed E-state index contributed by atoms with van der Waals surface area (Å²) >= 11 is 3.27. The Morgan fingerprint density at radius 3 is 2.75 bits per heavy atom. The molecule has 0 aliphatic heterocycles. The van der Waals surface area contributed by atoms with Crippen LogP contribution in [0, 0.1) is 11.3 Å². The van der Waals surface area contributed by atoms with Crippen LogP contribution in [-0.2, 0) is 6.61 Å². The first-order chi connectivity index (χ1) is 9.61. The van der Waals surface area contributed by atoms with Gasteiger partial charge in [0.1, 0.15) is 17.9 Å². The molecule has 5 heteroatoms. The van der Waals surface area contributed by atoms with Gasteiger partial charge >= 0.3 is 5.97 Å². The number of hydrogen-bond acceptors (Lipinski definition) is 3. The number of rotatable bonds is 4. The van der Waals surface area contributed by atoms with Crippen LogP contribution >= 0.6 is 15.9 Å². The molecule has 0 aromatic heterocycles. The molecule has 0 amide bonds. The van der Waals surface area contributed by atoms with Gasteiger partial charge in [0, 0.05) is 10.0 Å². The maximum Gasteiger partial charge on any atom is 0.339 e. The second-order valence-corrected chi connectivity index (χ2v) is 4.92. The van der Waals surface area contributed by atoms with Crippen LogP contribution in [0.3, 0.4) is 0 Å². The average Bonchev–Trinajstić information content (AvgIpc) is 2.45. The summed E-state index contributed by atoms with van der Waals surface area (Å²) < 4.78 is 6.27. The summed E-state index contributed by atoms with van der Waals surface area (Å²) in [6.07, 6.45) is 0. The van der Waals surface area contributed by atoms with E-state index in [9.17, 15) is 4.79 Å². The number of nitrogens with zero attached hydrogens (tertiary/aromatic N) is 1. The number of ether oxygens (including phenoxy) is 1. The van der Waals surface area contributed by atoms with Crippen molar-refractivity contribution in [2.24, 2.45) is 0 Å². The van der Waals surface area contributed by atoms with Gasteiger partial charge in [-0.1, -0.05) is 34.1 Å². The number of halogens is 1. The molecule has 0 saturated heterocycles. The van der Waals surface area contributed by atoms with E-state index in [-0.39, 0.29) is 17.9 Å². The lowest BCUT2D eigenvalue weighted by molar-refractivity contribution is 0.0691. The second-order valence-electron chi connectivity index (χ2n) is 4.00. The van der Waals surface area contributed by atoms with Crippen LogP contribution in [0.15, 0.2) is 46.9 Å². The summed E-state index contributed by atoms with van der Waals surface area (Å²) in [5, 5.41) is 18.1. The minimum absolute atomic E-state index is 0.0858. The fourth-order valence-corrected chi connectivity index (χ4v) is 2.04. The SMILES string of the molecule is N#Cc1ccccc1COc1cc(Br)ccc1C(=O)O. The fraction of sp³-hybridized carbons (Fsp3) is 0.0667. The van der Waals surface area contributed by atoms with Gasteiger partial charge in [0.15, 0.2) is 0 Å². The van der Waals surface area contributed by atoms with Crippen molar-refractivity contribution in [3.05, 3.63) is 63.6 Å². The van der Waals surface area contributed by atoms with Crippen LogP contribution in [0.25, 0.3) is 0 Å². The van der Waals surface area contributed by atoms with Gasteiger partial charge in [-0.15, -0.1) is 0 Å². The Balaban J connectivity index is 2.25. The second kappa shape index (κ2) is 6.22. The number of hydrogen-bond donors (Lipinski definition) is 1. The minimum Gasteiger partial charge on any atom is -0.488 e. The molecular formula is C15H10BrNO3. The molecule has 0 atom stereocenters. The first-order valence-electron chi connectivity index (χ1n) is 5.75. The lowest BCUT2D eigenvalue weighted by atomic mass is 10.1. The number of nitriles is 1. The van der Waals surface area contributed by atoms with Crippen LogP contribution < -0.4 is 4.74 Å². The summed E-state index contributed by atoms with van der Waals surface area (Å²) in [7, 11) is 0. The Morgan fingerprint density at radius 1 is 1.30 bits per heavy atom. The number of aromatic carboxylic acids is 1. The highest BCUT2D eigenvalue weighted by Gasteiger charge is 2.12. The van der Waals surface area contributed by atoms with E-state index in [0.717, 1.165) is 4.47 Å². The van der Waals surface area contributed by atoms with Crippen molar-refractivity contribution in [3.63, 3.8) is 0 Å². The maximum absolute atomic E-state index is 11.1. The quantitative estimate of drug-likeness (QED) is 0.929. The van der Waals surface area contributed by atoms with Crippen molar-refractivity contribution < 1.29 is 14.6 Å². The Morgan fingerprint density at radius 2 is 2.05 bits per heavy atom. The molecule has 0 spiro atoms. The molecule has 2 aromatic rings. The molecule has 0 radical (unpaired) electrons. The van der Waals surface area contributed by atoms with Crippen molar-refractivity contribution in [3.8, 4) is 11.8 Å². The van der Waals surface area contributed by atoms with E-state index < -0.39 is 5.97 Å². The summed E-state index contributed by atoms with van der Waals surface area (Å²) in [6, 6.07) is 13.8. The van der Waals surface area contributed by atoms with E-state index in [0.29, 0.717) is 11.1 Å². The van der Waals surface area contributed by atoms with E-state index >= 15 is 0 Å². The van der Waals surface area contributed by atoms with Gasteiger partial charge in [-0.2, -0.15) is 5.26 Å². The molecule has 1 N–H and O–H groups in total. The van der Waals surface area contributed by atoms with E-state index in [1.54, 1.807) is 36.4 Å². The normalized spacial score (nSPS) is 9.80. The molecule has 2 aromatic carbocycles. The summed E-state index contributed by atoms with van der Waals surface area (Å²) in [6.45, 7) is 0.139. The van der Waals surface area contributed by atoms with Crippen LogP contribution in [0.5, 0.6) is 5.75 Å². The number of carboxylic acid groups (broad SMARTS) is 1. The first kappa shape index (κ1) is 14.1. The zero-order chi connectivity index (χ0) is 14.5. The number of carbonyl (C=O) groups is 1. The van der Waals surface area contributed by atoms with Crippen LogP contribution in [0.1, 0.15) is 21.5 Å². The van der Waals surface area contributed by atoms with E-state index in [2.05, 4.69) is 22.0 Å². The average molecular weight is 332 g/mol. The van der Waals surface area contributed by atoms with Crippen molar-refractivity contribution in [1.82, 2.24) is 0 Å². The number of benzene rings is 2. The first-order valence-corrected chi connectivity index (χ1v) is 6.55. The van der Waals surface area contributed by atoms with Crippen molar-refractivity contribution in [2.45, 2.75) is 6.61 Å². The van der Waals surface area contributed by atoms with Gasteiger partial charge in [0.2, 0.25) is 0 Å². The fourth-order valence-electron chi connectivity index (χ4n) is 1.70. The Bertz CT molecular complexity index is 692. The standard InChI is InChI=1S/C15H10BrNO3/c16-12-5-6-13(15(18)19)14(7-12)20-9-11-4-2-1-3-10(11)8-17/h1-7H,9H2,(H,18,19). The van der Waals surface area contributed by atoms with Crippen molar-refractivity contribution >= 4 is 21.9 Å². The van der Waals surface area contributed by atoms with Crippen LogP contribution in [0.2, 0.25) is 0 Å². The zero-order valence-electron chi connectivity index (χ0n) is 10.3. The smallest absolute Gasteiger partial charge is 0.339 e. The number of carboxylic acids is 1. The van der Waals surface area contributed by atoms with Crippen molar-refractivity contribution in [1.29, 1.82) is 5.26 Å². The third kappa shape index (κ3) is 3.16.